The van der Waals surface area contributed by atoms with Crippen LogP contribution in [0.15, 0.2) is 95.6 Å². The Bertz CT molecular complexity index is 1530. The Morgan fingerprint density at radius 1 is 1.11 bits per heavy atom. The molecule has 1 unspecified atom stereocenters. The Hall–Kier alpha value is -4.48. The summed E-state index contributed by atoms with van der Waals surface area (Å²) >= 11 is 1.52. The highest BCUT2D eigenvalue weighted by Gasteiger charge is 2.61. The molecule has 0 radical (unpaired) electrons. The standard InChI is InChI=1S/C29H26N6OS/c1-28(25-18-24(20-37-25)23-13-6-11-22(17-23)19-30)29(35-16-8-15-32-35,26(36)34(2)27(31)33-28)14-7-12-21-9-4-3-5-10-21/h3-13,15-18,20H,14H2,1-2H3,(H2,31,33)/t28-,29?/m1/s1. The van der Waals surface area contributed by atoms with Gasteiger partial charge in [-0.2, -0.15) is 10.4 Å². The average molecular weight is 507 g/mol. The zero-order valence-corrected chi connectivity index (χ0v) is 21.4. The fraction of sp³-hybridized carbons (Fsp3) is 0.172. The number of thiophene rings is 1. The van der Waals surface area contributed by atoms with Crippen LogP contribution in [0.2, 0.25) is 0 Å². The van der Waals surface area contributed by atoms with E-state index in [1.165, 1.54) is 16.2 Å². The molecule has 2 aromatic carbocycles. The topological polar surface area (TPSA) is 100 Å². The number of carbonyl (C=O) groups excluding carboxylic acids is 1. The molecule has 1 aliphatic rings. The van der Waals surface area contributed by atoms with Gasteiger partial charge in [-0.3, -0.25) is 14.4 Å². The molecule has 0 spiro atoms. The number of amides is 1. The van der Waals surface area contributed by atoms with Crippen LogP contribution in [0.1, 0.15) is 29.3 Å². The van der Waals surface area contributed by atoms with E-state index in [1.54, 1.807) is 24.0 Å². The lowest BCUT2D eigenvalue weighted by Crippen LogP contribution is -2.65. The van der Waals surface area contributed by atoms with Crippen LogP contribution < -0.4 is 5.73 Å². The van der Waals surface area contributed by atoms with Crippen LogP contribution in [0, 0.1) is 11.3 Å². The summed E-state index contributed by atoms with van der Waals surface area (Å²) in [6.45, 7) is 1.95. The van der Waals surface area contributed by atoms with E-state index in [0.29, 0.717) is 12.0 Å². The smallest absolute Gasteiger partial charge is 0.260 e. The lowest BCUT2D eigenvalue weighted by Gasteiger charge is -2.49. The van der Waals surface area contributed by atoms with Gasteiger partial charge in [0.15, 0.2) is 11.5 Å². The molecule has 4 aromatic rings. The van der Waals surface area contributed by atoms with E-state index in [0.717, 1.165) is 21.6 Å². The van der Waals surface area contributed by atoms with Crippen LogP contribution >= 0.6 is 11.3 Å². The fourth-order valence-electron chi connectivity index (χ4n) is 4.88. The van der Waals surface area contributed by atoms with Crippen molar-refractivity contribution in [1.82, 2.24) is 14.7 Å². The molecule has 0 fully saturated rings. The Labute approximate surface area is 219 Å². The number of guanidine groups is 1. The van der Waals surface area contributed by atoms with Crippen molar-refractivity contribution in [2.24, 2.45) is 10.7 Å². The zero-order valence-electron chi connectivity index (χ0n) is 20.6. The molecule has 0 saturated carbocycles. The zero-order chi connectivity index (χ0) is 26.0. The van der Waals surface area contributed by atoms with Gasteiger partial charge in [-0.15, -0.1) is 11.3 Å². The summed E-state index contributed by atoms with van der Waals surface area (Å²) in [5.41, 5.74) is 7.56. The predicted octanol–water partition coefficient (Wildman–Crippen LogP) is 4.98. The first-order chi connectivity index (χ1) is 17.9. The van der Waals surface area contributed by atoms with Gasteiger partial charge in [-0.25, -0.2) is 4.99 Å². The van der Waals surface area contributed by atoms with Crippen molar-refractivity contribution in [3.63, 3.8) is 0 Å². The van der Waals surface area contributed by atoms with Crippen LogP contribution in [0.4, 0.5) is 0 Å². The normalized spacial score (nSPS) is 21.7. The molecule has 7 nitrogen and oxygen atoms in total. The Morgan fingerprint density at radius 3 is 2.65 bits per heavy atom. The summed E-state index contributed by atoms with van der Waals surface area (Å²) in [6, 6.07) is 23.5. The number of allylic oxidation sites excluding steroid dienone is 1. The number of hydrogen-bond acceptors (Lipinski definition) is 6. The van der Waals surface area contributed by atoms with Gasteiger partial charge in [0.2, 0.25) is 0 Å². The van der Waals surface area contributed by atoms with Crippen LogP contribution in [-0.4, -0.2) is 33.6 Å². The summed E-state index contributed by atoms with van der Waals surface area (Å²) in [5.74, 6) is -0.0333. The Kier molecular flexibility index (Phi) is 6.24. The van der Waals surface area contributed by atoms with E-state index in [2.05, 4.69) is 11.2 Å². The van der Waals surface area contributed by atoms with Gasteiger partial charge in [-0.05, 0) is 53.3 Å². The van der Waals surface area contributed by atoms with Gasteiger partial charge < -0.3 is 5.73 Å². The van der Waals surface area contributed by atoms with Gasteiger partial charge in [-0.1, -0.05) is 54.6 Å². The van der Waals surface area contributed by atoms with Gasteiger partial charge in [0.1, 0.15) is 5.54 Å². The highest BCUT2D eigenvalue weighted by atomic mass is 32.1. The molecule has 0 aliphatic carbocycles. The molecule has 3 heterocycles. The van der Waals surface area contributed by atoms with Crippen molar-refractivity contribution >= 4 is 29.3 Å². The lowest BCUT2D eigenvalue weighted by molar-refractivity contribution is -0.142. The van der Waals surface area contributed by atoms with Crippen molar-refractivity contribution in [3.8, 4) is 17.2 Å². The first-order valence-electron chi connectivity index (χ1n) is 11.8. The summed E-state index contributed by atoms with van der Waals surface area (Å²) in [4.78, 5) is 21.4. The third kappa shape index (κ3) is 4.03. The van der Waals surface area contributed by atoms with Gasteiger partial charge in [0, 0.05) is 30.7 Å². The Balaban J connectivity index is 1.67. The second-order valence-corrected chi connectivity index (χ2v) is 10.0. The molecule has 0 saturated heterocycles. The molecule has 5 rings (SSSR count). The van der Waals surface area contributed by atoms with Crippen LogP contribution in [0.3, 0.4) is 0 Å². The van der Waals surface area contributed by atoms with Gasteiger partial charge >= 0.3 is 0 Å². The summed E-state index contributed by atoms with van der Waals surface area (Å²) in [5, 5.41) is 15.9. The van der Waals surface area contributed by atoms with E-state index in [1.807, 2.05) is 91.3 Å². The number of benzene rings is 2. The molecule has 37 heavy (non-hydrogen) atoms. The molecular formula is C29H26N6OS. The largest absolute Gasteiger partial charge is 0.369 e. The molecule has 2 N–H and O–H groups in total. The van der Waals surface area contributed by atoms with Crippen LogP contribution in [-0.2, 0) is 15.9 Å². The van der Waals surface area contributed by atoms with E-state index >= 15 is 0 Å². The number of likely N-dealkylation sites (N-methyl/N-ethyl adjacent to an activating group) is 1. The first kappa shape index (κ1) is 24.2. The molecule has 8 heteroatoms. The van der Waals surface area contributed by atoms with Crippen molar-refractivity contribution in [2.45, 2.75) is 24.4 Å². The predicted molar refractivity (Wildman–Crippen MR) is 147 cm³/mol. The van der Waals surface area contributed by atoms with Crippen molar-refractivity contribution in [2.75, 3.05) is 7.05 Å². The minimum Gasteiger partial charge on any atom is -0.369 e. The highest BCUT2D eigenvalue weighted by Crippen LogP contribution is 2.50. The maximum absolute atomic E-state index is 14.2. The van der Waals surface area contributed by atoms with E-state index in [-0.39, 0.29) is 11.9 Å². The van der Waals surface area contributed by atoms with Crippen molar-refractivity contribution < 1.29 is 4.79 Å². The fourth-order valence-corrected chi connectivity index (χ4v) is 5.98. The van der Waals surface area contributed by atoms with E-state index in [4.69, 9.17) is 10.7 Å². The number of carbonyl (C=O) groups is 1. The van der Waals surface area contributed by atoms with Crippen molar-refractivity contribution in [3.05, 3.63) is 107 Å². The number of nitriles is 1. The third-order valence-corrected chi connectivity index (χ3v) is 8.11. The quantitative estimate of drug-likeness (QED) is 0.398. The minimum atomic E-state index is -1.20. The maximum atomic E-state index is 14.2. The average Bonchev–Trinajstić information content (AvgIpc) is 3.64. The van der Waals surface area contributed by atoms with Crippen LogP contribution in [0.25, 0.3) is 17.2 Å². The number of aliphatic imine (C=N–C) groups is 1. The number of rotatable bonds is 6. The number of hydrogen-bond donors (Lipinski definition) is 1. The molecule has 184 valence electrons. The second-order valence-electron chi connectivity index (χ2n) is 9.13. The van der Waals surface area contributed by atoms with Crippen molar-refractivity contribution in [1.29, 1.82) is 5.26 Å². The lowest BCUT2D eigenvalue weighted by atomic mass is 9.72. The van der Waals surface area contributed by atoms with E-state index in [9.17, 15) is 10.1 Å². The van der Waals surface area contributed by atoms with E-state index < -0.39 is 11.1 Å². The molecule has 0 bridgehead atoms. The molecular weight excluding hydrogens is 480 g/mol. The molecule has 2 atom stereocenters. The number of nitrogens with zero attached hydrogens (tertiary/aromatic N) is 5. The van der Waals surface area contributed by atoms with Gasteiger partial charge in [0.25, 0.3) is 5.91 Å². The monoisotopic (exact) mass is 506 g/mol. The highest BCUT2D eigenvalue weighted by molar-refractivity contribution is 7.10. The maximum Gasteiger partial charge on any atom is 0.260 e. The SMILES string of the molecule is CN1C(=O)C(CC=Cc2ccccc2)(n2cccn2)[C@@](C)(c2cc(-c3cccc(C#N)c3)cs2)N=C1N. The minimum absolute atomic E-state index is 0.156. The van der Waals surface area contributed by atoms with Gasteiger partial charge in [0.05, 0.1) is 11.6 Å². The van der Waals surface area contributed by atoms with Crippen LogP contribution in [0.5, 0.6) is 0 Å². The third-order valence-electron chi connectivity index (χ3n) is 6.97. The Morgan fingerprint density at radius 2 is 1.92 bits per heavy atom. The summed E-state index contributed by atoms with van der Waals surface area (Å²) < 4.78 is 1.72. The second kappa shape index (κ2) is 9.52. The summed E-state index contributed by atoms with van der Waals surface area (Å²) in [7, 11) is 1.65. The molecule has 1 amide bonds. The number of nitrogens with two attached hydrogens (primary N) is 1. The molecule has 2 aromatic heterocycles. The number of aromatic nitrogens is 2. The molecule has 1 aliphatic heterocycles. The summed E-state index contributed by atoms with van der Waals surface area (Å²) in [6.07, 6.45) is 7.83. The first-order valence-corrected chi connectivity index (χ1v) is 12.7.